The molecule has 7 heteroatoms. The van der Waals surface area contributed by atoms with Gasteiger partial charge in [-0.15, -0.1) is 0 Å². The third-order valence-electron chi connectivity index (χ3n) is 5.83. The van der Waals surface area contributed by atoms with Crippen LogP contribution in [0, 0.1) is 0 Å². The SMILES string of the molecule is CCC(=O)NC1CCC(N(N)/C(=C\N)c2ccc(-c3ccc4[nH]ccc4c3)nc2)C1. The normalized spacial score (nSPS) is 19.2. The molecule has 2 heterocycles. The van der Waals surface area contributed by atoms with E-state index in [9.17, 15) is 4.79 Å². The number of carbonyl (C=O) groups is 1. The number of benzene rings is 1. The summed E-state index contributed by atoms with van der Waals surface area (Å²) in [6, 6.07) is 12.5. The molecular weight excluding hydrogens is 376 g/mol. The maximum absolute atomic E-state index is 11.7. The Morgan fingerprint density at radius 3 is 2.90 bits per heavy atom. The summed E-state index contributed by atoms with van der Waals surface area (Å²) < 4.78 is 0. The Labute approximate surface area is 176 Å². The van der Waals surface area contributed by atoms with Crippen LogP contribution in [-0.4, -0.2) is 33.0 Å². The Morgan fingerprint density at radius 2 is 2.17 bits per heavy atom. The van der Waals surface area contributed by atoms with Crippen molar-refractivity contribution in [1.29, 1.82) is 0 Å². The van der Waals surface area contributed by atoms with Crippen LogP contribution in [0.15, 0.2) is 55.0 Å². The average Bonchev–Trinajstić information content (AvgIpc) is 3.43. The van der Waals surface area contributed by atoms with E-state index in [1.807, 2.05) is 31.3 Å². The molecule has 2 aromatic heterocycles. The van der Waals surface area contributed by atoms with Crippen molar-refractivity contribution in [3.8, 4) is 11.3 Å². The van der Waals surface area contributed by atoms with Crippen LogP contribution in [0.25, 0.3) is 27.9 Å². The van der Waals surface area contributed by atoms with E-state index in [-0.39, 0.29) is 18.0 Å². The number of rotatable bonds is 6. The van der Waals surface area contributed by atoms with Gasteiger partial charge in [-0.05, 0) is 49.6 Å². The van der Waals surface area contributed by atoms with Gasteiger partial charge in [-0.1, -0.05) is 13.0 Å². The average molecular weight is 405 g/mol. The van der Waals surface area contributed by atoms with Crippen LogP contribution < -0.4 is 16.9 Å². The lowest BCUT2D eigenvalue weighted by Crippen LogP contribution is -2.40. The second-order valence-electron chi connectivity index (χ2n) is 7.76. The summed E-state index contributed by atoms with van der Waals surface area (Å²) in [7, 11) is 0. The molecule has 7 nitrogen and oxygen atoms in total. The second kappa shape index (κ2) is 8.59. The number of nitrogens with two attached hydrogens (primary N) is 2. The van der Waals surface area contributed by atoms with Crippen LogP contribution in [0.2, 0.25) is 0 Å². The van der Waals surface area contributed by atoms with Crippen LogP contribution in [0.4, 0.5) is 0 Å². The summed E-state index contributed by atoms with van der Waals surface area (Å²) in [6.07, 6.45) is 8.39. The molecule has 4 rings (SSSR count). The van der Waals surface area contributed by atoms with E-state index < -0.39 is 0 Å². The van der Waals surface area contributed by atoms with Gasteiger partial charge in [0.05, 0.1) is 11.4 Å². The number of aromatic nitrogens is 2. The van der Waals surface area contributed by atoms with Gasteiger partial charge < -0.3 is 21.0 Å². The maximum atomic E-state index is 11.7. The number of amides is 1. The molecule has 0 saturated heterocycles. The van der Waals surface area contributed by atoms with E-state index in [0.29, 0.717) is 6.42 Å². The molecule has 0 spiro atoms. The summed E-state index contributed by atoms with van der Waals surface area (Å²) in [4.78, 5) is 19.5. The van der Waals surface area contributed by atoms with Crippen molar-refractivity contribution in [2.45, 2.75) is 44.7 Å². The van der Waals surface area contributed by atoms with Crippen LogP contribution >= 0.6 is 0 Å². The molecule has 6 N–H and O–H groups in total. The fourth-order valence-corrected chi connectivity index (χ4v) is 4.13. The van der Waals surface area contributed by atoms with E-state index in [0.717, 1.165) is 52.7 Å². The Kier molecular flexibility index (Phi) is 5.72. The van der Waals surface area contributed by atoms with Crippen LogP contribution in [-0.2, 0) is 4.79 Å². The Morgan fingerprint density at radius 1 is 1.30 bits per heavy atom. The predicted molar refractivity (Wildman–Crippen MR) is 120 cm³/mol. The molecule has 1 saturated carbocycles. The van der Waals surface area contributed by atoms with Crippen LogP contribution in [0.5, 0.6) is 0 Å². The molecule has 1 amide bonds. The van der Waals surface area contributed by atoms with Gasteiger partial charge in [-0.3, -0.25) is 9.78 Å². The molecular formula is C23H28N6O. The van der Waals surface area contributed by atoms with Crippen molar-refractivity contribution in [1.82, 2.24) is 20.3 Å². The fourth-order valence-electron chi connectivity index (χ4n) is 4.13. The molecule has 2 atom stereocenters. The first-order valence-electron chi connectivity index (χ1n) is 10.4. The summed E-state index contributed by atoms with van der Waals surface area (Å²) >= 11 is 0. The molecule has 0 radical (unpaired) electrons. The number of nitrogens with zero attached hydrogens (tertiary/aromatic N) is 2. The molecule has 3 aromatic rings. The number of aromatic amines is 1. The number of hydrogen-bond acceptors (Lipinski definition) is 5. The highest BCUT2D eigenvalue weighted by molar-refractivity contribution is 5.84. The first kappa shape index (κ1) is 20.0. The molecule has 0 bridgehead atoms. The van der Waals surface area contributed by atoms with E-state index in [4.69, 9.17) is 11.6 Å². The van der Waals surface area contributed by atoms with Crippen molar-refractivity contribution >= 4 is 22.5 Å². The Balaban J connectivity index is 1.47. The van der Waals surface area contributed by atoms with Crippen molar-refractivity contribution in [3.63, 3.8) is 0 Å². The van der Waals surface area contributed by atoms with E-state index in [1.165, 1.54) is 6.20 Å². The molecule has 30 heavy (non-hydrogen) atoms. The lowest BCUT2D eigenvalue weighted by molar-refractivity contribution is -0.121. The van der Waals surface area contributed by atoms with Crippen LogP contribution in [0.3, 0.4) is 0 Å². The standard InChI is InChI=1S/C23H28N6O/c1-2-23(30)28-18-5-6-19(12-18)29(25)22(13-24)17-4-8-21(27-14-17)15-3-7-20-16(11-15)9-10-26-20/h3-4,7-11,13-14,18-19,26H,2,5-6,12,24-25H2,1H3,(H,28,30)/b22-13-. The molecule has 1 aliphatic carbocycles. The topological polar surface area (TPSA) is 113 Å². The lowest BCUT2D eigenvalue weighted by Gasteiger charge is -2.28. The van der Waals surface area contributed by atoms with Crippen molar-refractivity contribution in [2.75, 3.05) is 0 Å². The van der Waals surface area contributed by atoms with Gasteiger partial charge in [0.15, 0.2) is 0 Å². The maximum Gasteiger partial charge on any atom is 0.219 e. The smallest absolute Gasteiger partial charge is 0.219 e. The number of pyridine rings is 1. The summed E-state index contributed by atoms with van der Waals surface area (Å²) in [5.41, 5.74) is 10.6. The van der Waals surface area contributed by atoms with Crippen LogP contribution in [0.1, 0.15) is 38.2 Å². The minimum absolute atomic E-state index is 0.0800. The largest absolute Gasteiger partial charge is 0.403 e. The zero-order valence-electron chi connectivity index (χ0n) is 17.1. The highest BCUT2D eigenvalue weighted by Crippen LogP contribution is 2.29. The Hall–Kier alpha value is -3.32. The summed E-state index contributed by atoms with van der Waals surface area (Å²) in [5.74, 6) is 6.51. The number of hydrazine groups is 1. The van der Waals surface area contributed by atoms with Gasteiger partial charge in [-0.2, -0.15) is 0 Å². The quantitative estimate of drug-likeness (QED) is 0.372. The third-order valence-corrected chi connectivity index (χ3v) is 5.83. The summed E-state index contributed by atoms with van der Waals surface area (Å²) in [6.45, 7) is 1.86. The number of nitrogens with one attached hydrogen (secondary N) is 2. The van der Waals surface area contributed by atoms with Crippen molar-refractivity contribution in [3.05, 3.63) is 60.6 Å². The lowest BCUT2D eigenvalue weighted by atomic mass is 10.1. The highest BCUT2D eigenvalue weighted by Gasteiger charge is 2.30. The zero-order chi connectivity index (χ0) is 21.1. The zero-order valence-corrected chi connectivity index (χ0v) is 17.1. The molecule has 2 unspecified atom stereocenters. The van der Waals surface area contributed by atoms with E-state index in [1.54, 1.807) is 11.2 Å². The van der Waals surface area contributed by atoms with Gasteiger partial charge in [0.25, 0.3) is 0 Å². The first-order chi connectivity index (χ1) is 14.6. The summed E-state index contributed by atoms with van der Waals surface area (Å²) in [5, 5.41) is 5.94. The van der Waals surface area contributed by atoms with Gasteiger partial charge >= 0.3 is 0 Å². The highest BCUT2D eigenvalue weighted by atomic mass is 16.1. The van der Waals surface area contributed by atoms with Gasteiger partial charge in [0.2, 0.25) is 5.91 Å². The van der Waals surface area contributed by atoms with Gasteiger partial charge in [0, 0.05) is 59.1 Å². The van der Waals surface area contributed by atoms with Gasteiger partial charge in [0.1, 0.15) is 0 Å². The monoisotopic (exact) mass is 404 g/mol. The number of H-pyrrole nitrogens is 1. The number of hydrogen-bond donors (Lipinski definition) is 4. The molecule has 1 aliphatic rings. The predicted octanol–water partition coefficient (Wildman–Crippen LogP) is 3.11. The minimum atomic E-state index is 0.0800. The Bertz CT molecular complexity index is 1060. The first-order valence-corrected chi connectivity index (χ1v) is 10.4. The molecule has 1 aromatic carbocycles. The number of fused-ring (bicyclic) bond motifs is 1. The van der Waals surface area contributed by atoms with E-state index in [2.05, 4.69) is 33.5 Å². The minimum Gasteiger partial charge on any atom is -0.403 e. The van der Waals surface area contributed by atoms with Gasteiger partial charge in [-0.25, -0.2) is 5.84 Å². The van der Waals surface area contributed by atoms with Crippen molar-refractivity contribution in [2.24, 2.45) is 11.6 Å². The fraction of sp³-hybridized carbons (Fsp3) is 0.304. The van der Waals surface area contributed by atoms with E-state index >= 15 is 0 Å². The molecule has 1 fully saturated rings. The second-order valence-corrected chi connectivity index (χ2v) is 7.76. The third kappa shape index (κ3) is 4.02. The number of carbonyl (C=O) groups excluding carboxylic acids is 1. The van der Waals surface area contributed by atoms with Crippen molar-refractivity contribution < 1.29 is 4.79 Å². The molecule has 0 aliphatic heterocycles. The molecule has 156 valence electrons.